The molecule has 0 bridgehead atoms. The van der Waals surface area contributed by atoms with Gasteiger partial charge in [0.05, 0.1) is 4.88 Å². The van der Waals surface area contributed by atoms with E-state index in [0.29, 0.717) is 0 Å². The van der Waals surface area contributed by atoms with Crippen LogP contribution in [0.15, 0.2) is 36.5 Å². The SMILES string of the molecule is O=C(NOCC(F)(F)F)c1cccc(-c2ccns2)c1. The second-order valence-corrected chi connectivity index (χ2v) is 4.63. The van der Waals surface area contributed by atoms with E-state index in [0.717, 1.165) is 10.4 Å². The van der Waals surface area contributed by atoms with Gasteiger partial charge in [-0.2, -0.15) is 13.2 Å². The summed E-state index contributed by atoms with van der Waals surface area (Å²) in [5.74, 6) is -0.736. The maximum absolute atomic E-state index is 11.9. The minimum atomic E-state index is -4.49. The zero-order chi connectivity index (χ0) is 14.6. The summed E-state index contributed by atoms with van der Waals surface area (Å²) >= 11 is 1.26. The van der Waals surface area contributed by atoms with E-state index in [4.69, 9.17) is 0 Å². The van der Waals surface area contributed by atoms with Crippen molar-refractivity contribution in [1.29, 1.82) is 0 Å². The molecule has 2 rings (SSSR count). The average Bonchev–Trinajstić information content (AvgIpc) is 2.91. The van der Waals surface area contributed by atoms with Gasteiger partial charge in [0.1, 0.15) is 0 Å². The highest BCUT2D eigenvalue weighted by Gasteiger charge is 2.28. The first kappa shape index (κ1) is 14.5. The third kappa shape index (κ3) is 4.04. The van der Waals surface area contributed by atoms with Crippen LogP contribution in [0.1, 0.15) is 10.4 Å². The van der Waals surface area contributed by atoms with Gasteiger partial charge in [0.25, 0.3) is 5.91 Å². The number of hydrogen-bond acceptors (Lipinski definition) is 4. The normalized spacial score (nSPS) is 11.3. The third-order valence-corrected chi connectivity index (χ3v) is 3.04. The molecule has 0 unspecified atom stereocenters. The van der Waals surface area contributed by atoms with Crippen LogP contribution in [-0.4, -0.2) is 23.1 Å². The first-order chi connectivity index (χ1) is 9.46. The number of carbonyl (C=O) groups excluding carboxylic acids is 1. The number of hydrogen-bond donors (Lipinski definition) is 1. The predicted molar refractivity (Wildman–Crippen MR) is 67.0 cm³/mol. The van der Waals surface area contributed by atoms with Gasteiger partial charge in [-0.1, -0.05) is 12.1 Å². The molecule has 0 aliphatic carbocycles. The van der Waals surface area contributed by atoms with E-state index in [2.05, 4.69) is 9.21 Å². The molecular weight excluding hydrogens is 293 g/mol. The Morgan fingerprint density at radius 2 is 2.15 bits per heavy atom. The maximum atomic E-state index is 11.9. The third-order valence-electron chi connectivity index (χ3n) is 2.25. The van der Waals surface area contributed by atoms with Crippen LogP contribution < -0.4 is 5.48 Å². The highest BCUT2D eigenvalue weighted by molar-refractivity contribution is 7.09. The Morgan fingerprint density at radius 1 is 1.35 bits per heavy atom. The Hall–Kier alpha value is -1.93. The predicted octanol–water partition coefficient (Wildman–Crippen LogP) is 3.03. The number of carbonyl (C=O) groups is 1. The minimum Gasteiger partial charge on any atom is -0.267 e. The molecule has 1 heterocycles. The van der Waals surface area contributed by atoms with Crippen LogP contribution in [0.25, 0.3) is 10.4 Å². The summed E-state index contributed by atoms with van der Waals surface area (Å²) < 4.78 is 39.6. The zero-order valence-corrected chi connectivity index (χ0v) is 10.8. The Morgan fingerprint density at radius 3 is 2.80 bits per heavy atom. The number of amides is 1. The first-order valence-electron chi connectivity index (χ1n) is 5.46. The van der Waals surface area contributed by atoms with Crippen LogP contribution in [-0.2, 0) is 4.84 Å². The summed E-state index contributed by atoms with van der Waals surface area (Å²) in [5, 5.41) is 0. The van der Waals surface area contributed by atoms with Gasteiger partial charge in [-0.05, 0) is 35.3 Å². The van der Waals surface area contributed by atoms with E-state index in [1.54, 1.807) is 35.9 Å². The standard InChI is InChI=1S/C12H9F3N2O2S/c13-12(14,15)7-19-17-11(18)9-3-1-2-8(6-9)10-4-5-16-20-10/h1-6H,7H2,(H,17,18). The topological polar surface area (TPSA) is 51.2 Å². The van der Waals surface area contributed by atoms with Crippen LogP contribution in [0, 0.1) is 0 Å². The van der Waals surface area contributed by atoms with Gasteiger partial charge in [-0.25, -0.2) is 9.85 Å². The zero-order valence-electron chi connectivity index (χ0n) is 9.98. The van der Waals surface area contributed by atoms with Gasteiger partial charge in [0.15, 0.2) is 6.61 Å². The summed E-state index contributed by atoms with van der Waals surface area (Å²) in [6.45, 7) is -1.53. The lowest BCUT2D eigenvalue weighted by Crippen LogP contribution is -2.29. The largest absolute Gasteiger partial charge is 0.414 e. The Kier molecular flexibility index (Phi) is 4.35. The van der Waals surface area contributed by atoms with Crippen LogP contribution in [0.2, 0.25) is 0 Å². The quantitative estimate of drug-likeness (QED) is 0.883. The molecule has 1 N–H and O–H groups in total. The van der Waals surface area contributed by atoms with E-state index in [1.807, 2.05) is 0 Å². The van der Waals surface area contributed by atoms with Gasteiger partial charge >= 0.3 is 6.18 Å². The van der Waals surface area contributed by atoms with Gasteiger partial charge < -0.3 is 0 Å². The monoisotopic (exact) mass is 302 g/mol. The summed E-state index contributed by atoms with van der Waals surface area (Å²) in [4.78, 5) is 16.6. The number of rotatable bonds is 4. The second kappa shape index (κ2) is 6.02. The molecule has 0 fully saturated rings. The molecule has 0 saturated carbocycles. The number of aromatic nitrogens is 1. The number of nitrogens with zero attached hydrogens (tertiary/aromatic N) is 1. The van der Waals surface area contributed by atoms with Gasteiger partial charge in [-0.15, -0.1) is 0 Å². The Bertz CT molecular complexity index is 585. The highest BCUT2D eigenvalue weighted by atomic mass is 32.1. The van der Waals surface area contributed by atoms with E-state index in [1.165, 1.54) is 17.6 Å². The van der Waals surface area contributed by atoms with Crippen molar-refractivity contribution in [2.75, 3.05) is 6.61 Å². The molecule has 2 aromatic rings. The molecule has 0 saturated heterocycles. The van der Waals surface area contributed by atoms with E-state index in [9.17, 15) is 18.0 Å². The molecule has 0 aliphatic heterocycles. The maximum Gasteiger partial charge on any atom is 0.414 e. The van der Waals surface area contributed by atoms with Crippen molar-refractivity contribution in [2.45, 2.75) is 6.18 Å². The lowest BCUT2D eigenvalue weighted by Gasteiger charge is -2.08. The van der Waals surface area contributed by atoms with Crippen molar-refractivity contribution in [3.05, 3.63) is 42.1 Å². The summed E-state index contributed by atoms with van der Waals surface area (Å²) in [6, 6.07) is 8.23. The molecule has 106 valence electrons. The molecule has 0 spiro atoms. The van der Waals surface area contributed by atoms with Crippen molar-refractivity contribution in [3.63, 3.8) is 0 Å². The van der Waals surface area contributed by atoms with E-state index in [-0.39, 0.29) is 5.56 Å². The molecular formula is C12H9F3N2O2S. The van der Waals surface area contributed by atoms with Gasteiger partial charge in [-0.3, -0.25) is 9.63 Å². The van der Waals surface area contributed by atoms with Gasteiger partial charge in [0, 0.05) is 11.8 Å². The van der Waals surface area contributed by atoms with E-state index >= 15 is 0 Å². The fourth-order valence-electron chi connectivity index (χ4n) is 1.42. The van der Waals surface area contributed by atoms with Crippen LogP contribution >= 0.6 is 11.5 Å². The Balaban J connectivity index is 2.02. The second-order valence-electron chi connectivity index (χ2n) is 3.79. The molecule has 8 heteroatoms. The molecule has 1 amide bonds. The van der Waals surface area contributed by atoms with Gasteiger partial charge in [0.2, 0.25) is 0 Å². The van der Waals surface area contributed by atoms with Crippen molar-refractivity contribution >= 4 is 17.4 Å². The van der Waals surface area contributed by atoms with Crippen molar-refractivity contribution in [2.24, 2.45) is 0 Å². The number of halogens is 3. The number of benzene rings is 1. The fourth-order valence-corrected chi connectivity index (χ4v) is 2.01. The summed E-state index contributed by atoms with van der Waals surface area (Å²) in [6.07, 6.45) is -2.86. The minimum absolute atomic E-state index is 0.207. The fraction of sp³-hybridized carbons (Fsp3) is 0.167. The lowest BCUT2D eigenvalue weighted by atomic mass is 10.1. The molecule has 1 aromatic heterocycles. The molecule has 0 aliphatic rings. The first-order valence-corrected chi connectivity index (χ1v) is 6.23. The summed E-state index contributed by atoms with van der Waals surface area (Å²) in [7, 11) is 0. The summed E-state index contributed by atoms with van der Waals surface area (Å²) in [5.41, 5.74) is 2.72. The van der Waals surface area contributed by atoms with E-state index < -0.39 is 18.7 Å². The Labute approximate surface area is 116 Å². The van der Waals surface area contributed by atoms with Crippen LogP contribution in [0.3, 0.4) is 0 Å². The number of hydroxylamine groups is 1. The van der Waals surface area contributed by atoms with Crippen molar-refractivity contribution < 1.29 is 22.8 Å². The number of nitrogens with one attached hydrogen (secondary N) is 1. The smallest absolute Gasteiger partial charge is 0.267 e. The van der Waals surface area contributed by atoms with Crippen molar-refractivity contribution in [3.8, 4) is 10.4 Å². The average molecular weight is 302 g/mol. The molecule has 0 atom stereocenters. The molecule has 0 radical (unpaired) electrons. The lowest BCUT2D eigenvalue weighted by molar-refractivity contribution is -0.184. The van der Waals surface area contributed by atoms with Crippen molar-refractivity contribution in [1.82, 2.24) is 9.85 Å². The van der Waals surface area contributed by atoms with Crippen LogP contribution in [0.4, 0.5) is 13.2 Å². The molecule has 1 aromatic carbocycles. The molecule has 4 nitrogen and oxygen atoms in total. The highest BCUT2D eigenvalue weighted by Crippen LogP contribution is 2.23. The number of alkyl halides is 3. The molecule has 20 heavy (non-hydrogen) atoms. The van der Waals surface area contributed by atoms with Crippen LogP contribution in [0.5, 0.6) is 0 Å².